The number of aromatic nitrogens is 1. The molecule has 0 bridgehead atoms. The Hall–Kier alpha value is -5.10. The monoisotopic (exact) mass is 484 g/mol. The summed E-state index contributed by atoms with van der Waals surface area (Å²) in [6.45, 7) is 1.42. The van der Waals surface area contributed by atoms with Gasteiger partial charge in [-0.05, 0) is 70.4 Å². The third-order valence-corrected chi connectivity index (χ3v) is 6.60. The van der Waals surface area contributed by atoms with Crippen LogP contribution in [-0.2, 0) is 4.79 Å². The molecule has 4 aromatic carbocycles. The van der Waals surface area contributed by atoms with Crippen LogP contribution >= 0.6 is 0 Å². The highest BCUT2D eigenvalue weighted by molar-refractivity contribution is 6.26. The first kappa shape index (κ1) is 22.4. The van der Waals surface area contributed by atoms with Crippen molar-refractivity contribution in [3.8, 4) is 11.1 Å². The number of anilines is 1. The van der Waals surface area contributed by atoms with Gasteiger partial charge in [-0.3, -0.25) is 14.5 Å². The first-order valence-corrected chi connectivity index (χ1v) is 11.7. The van der Waals surface area contributed by atoms with Gasteiger partial charge < -0.3 is 5.11 Å². The van der Waals surface area contributed by atoms with E-state index in [0.29, 0.717) is 27.8 Å². The molecule has 1 aliphatic heterocycles. The summed E-state index contributed by atoms with van der Waals surface area (Å²) in [6.07, 6.45) is 1.62. The van der Waals surface area contributed by atoms with Crippen LogP contribution in [0.5, 0.6) is 0 Å². The molecule has 1 N–H and O–H groups in total. The Labute approximate surface area is 212 Å². The van der Waals surface area contributed by atoms with E-state index in [9.17, 15) is 19.5 Å². The van der Waals surface area contributed by atoms with Gasteiger partial charge in [0.2, 0.25) is 11.7 Å². The van der Waals surface area contributed by atoms with E-state index >= 15 is 0 Å². The molecule has 6 heteroatoms. The van der Waals surface area contributed by atoms with Crippen LogP contribution in [0, 0.1) is 0 Å². The fraction of sp³-hybridized carbons (Fsp3) is 0.0323. The lowest BCUT2D eigenvalue weighted by atomic mass is 9.96. The number of para-hydroxylation sites is 1. The molecule has 0 atom stereocenters. The predicted octanol–water partition coefficient (Wildman–Crippen LogP) is 6.34. The van der Waals surface area contributed by atoms with E-state index in [1.807, 2.05) is 48.5 Å². The van der Waals surface area contributed by atoms with Gasteiger partial charge in [-0.25, -0.2) is 9.78 Å². The van der Waals surface area contributed by atoms with E-state index in [4.69, 9.17) is 4.98 Å². The van der Waals surface area contributed by atoms with Crippen molar-refractivity contribution >= 4 is 51.1 Å². The number of hydrogen-bond acceptors (Lipinski definition) is 4. The number of aromatic carboxylic acids is 1. The standard InChI is InChI=1S/C31H20N2O4/c1-18(34)33-28-9-5-4-8-24(28)30(35)29(33)17-23-16-25(21-11-10-19-6-2-3-7-20(19)14-21)26-15-22(31(36)37)12-13-27(26)32-23/h2-17H,1H3,(H,36,37)/b29-17-. The molecule has 0 spiro atoms. The van der Waals surface area contributed by atoms with Crippen LogP contribution in [0.4, 0.5) is 5.69 Å². The lowest BCUT2D eigenvalue weighted by molar-refractivity contribution is -0.116. The van der Waals surface area contributed by atoms with E-state index in [1.54, 1.807) is 42.5 Å². The molecule has 0 fully saturated rings. The molecule has 0 aliphatic carbocycles. The van der Waals surface area contributed by atoms with E-state index in [0.717, 1.165) is 21.9 Å². The number of amides is 1. The molecule has 1 amide bonds. The van der Waals surface area contributed by atoms with E-state index in [1.165, 1.54) is 17.9 Å². The zero-order chi connectivity index (χ0) is 25.7. The molecule has 37 heavy (non-hydrogen) atoms. The molecule has 0 saturated carbocycles. The smallest absolute Gasteiger partial charge is 0.335 e. The van der Waals surface area contributed by atoms with Crippen LogP contribution < -0.4 is 4.90 Å². The van der Waals surface area contributed by atoms with Gasteiger partial charge >= 0.3 is 5.97 Å². The molecule has 0 saturated heterocycles. The van der Waals surface area contributed by atoms with Crippen molar-refractivity contribution in [3.63, 3.8) is 0 Å². The number of carboxylic acids is 1. The van der Waals surface area contributed by atoms with Crippen LogP contribution in [0.15, 0.2) is 96.7 Å². The lowest BCUT2D eigenvalue weighted by Gasteiger charge is -2.16. The molecule has 0 unspecified atom stereocenters. The predicted molar refractivity (Wildman–Crippen MR) is 144 cm³/mol. The summed E-state index contributed by atoms with van der Waals surface area (Å²) in [5.41, 5.74) is 4.14. The summed E-state index contributed by atoms with van der Waals surface area (Å²) in [7, 11) is 0. The normalized spacial score (nSPS) is 13.9. The second-order valence-electron chi connectivity index (χ2n) is 8.92. The Morgan fingerprint density at radius 2 is 1.59 bits per heavy atom. The van der Waals surface area contributed by atoms with Gasteiger partial charge in [0.25, 0.3) is 0 Å². The minimum atomic E-state index is -1.02. The number of pyridine rings is 1. The number of rotatable bonds is 3. The van der Waals surface area contributed by atoms with E-state index < -0.39 is 5.97 Å². The van der Waals surface area contributed by atoms with Gasteiger partial charge in [0.15, 0.2) is 0 Å². The summed E-state index contributed by atoms with van der Waals surface area (Å²) in [5.74, 6) is -1.55. The molecule has 2 heterocycles. The van der Waals surface area contributed by atoms with Crippen LogP contribution in [0.25, 0.3) is 38.9 Å². The summed E-state index contributed by atoms with van der Waals surface area (Å²) in [4.78, 5) is 43.6. The highest BCUT2D eigenvalue weighted by atomic mass is 16.4. The van der Waals surface area contributed by atoms with E-state index in [-0.39, 0.29) is 23.0 Å². The Morgan fingerprint density at radius 3 is 2.38 bits per heavy atom. The van der Waals surface area contributed by atoms with Gasteiger partial charge in [-0.2, -0.15) is 0 Å². The molecule has 6 rings (SSSR count). The Kier molecular flexibility index (Phi) is 5.16. The van der Waals surface area contributed by atoms with Crippen LogP contribution in [0.1, 0.15) is 33.3 Å². The summed E-state index contributed by atoms with van der Waals surface area (Å²) < 4.78 is 0. The average molecular weight is 485 g/mol. The Morgan fingerprint density at radius 1 is 0.838 bits per heavy atom. The van der Waals surface area contributed by atoms with Crippen molar-refractivity contribution in [1.82, 2.24) is 4.98 Å². The van der Waals surface area contributed by atoms with Gasteiger partial charge in [0.05, 0.1) is 28.2 Å². The molecular weight excluding hydrogens is 464 g/mol. The zero-order valence-electron chi connectivity index (χ0n) is 19.8. The Bertz CT molecular complexity index is 1820. The van der Waals surface area contributed by atoms with Crippen molar-refractivity contribution < 1.29 is 19.5 Å². The first-order chi connectivity index (χ1) is 17.9. The largest absolute Gasteiger partial charge is 0.478 e. The third-order valence-electron chi connectivity index (χ3n) is 6.60. The minimum Gasteiger partial charge on any atom is -0.478 e. The van der Waals surface area contributed by atoms with Crippen molar-refractivity contribution in [3.05, 3.63) is 114 Å². The topological polar surface area (TPSA) is 87.6 Å². The van der Waals surface area contributed by atoms with Crippen LogP contribution in [0.3, 0.4) is 0 Å². The number of carbonyl (C=O) groups excluding carboxylic acids is 2. The van der Waals surface area contributed by atoms with Crippen LogP contribution in [-0.4, -0.2) is 27.8 Å². The van der Waals surface area contributed by atoms with Crippen molar-refractivity contribution in [1.29, 1.82) is 0 Å². The molecule has 1 aromatic heterocycles. The molecule has 5 aromatic rings. The molecular formula is C31H20N2O4. The van der Waals surface area contributed by atoms with Crippen molar-refractivity contribution in [2.45, 2.75) is 6.92 Å². The van der Waals surface area contributed by atoms with Crippen LogP contribution in [0.2, 0.25) is 0 Å². The number of allylic oxidation sites excluding steroid dienone is 1. The number of benzene rings is 4. The maximum atomic E-state index is 13.2. The first-order valence-electron chi connectivity index (χ1n) is 11.7. The fourth-order valence-corrected chi connectivity index (χ4v) is 4.89. The zero-order valence-corrected chi connectivity index (χ0v) is 19.8. The summed E-state index contributed by atoms with van der Waals surface area (Å²) in [6, 6.07) is 27.7. The maximum absolute atomic E-state index is 13.2. The highest BCUT2D eigenvalue weighted by Gasteiger charge is 2.34. The van der Waals surface area contributed by atoms with Gasteiger partial charge in [0.1, 0.15) is 0 Å². The fourth-order valence-electron chi connectivity index (χ4n) is 4.89. The molecule has 178 valence electrons. The second kappa shape index (κ2) is 8.53. The Balaban J connectivity index is 1.59. The summed E-state index contributed by atoms with van der Waals surface area (Å²) >= 11 is 0. The van der Waals surface area contributed by atoms with Gasteiger partial charge in [-0.1, -0.05) is 48.5 Å². The summed E-state index contributed by atoms with van der Waals surface area (Å²) in [5, 5.41) is 12.4. The van der Waals surface area contributed by atoms with Crippen molar-refractivity contribution in [2.24, 2.45) is 0 Å². The molecule has 0 radical (unpaired) electrons. The SMILES string of the molecule is CC(=O)N1/C(=C\c2cc(-c3ccc4ccccc4c3)c3cc(C(=O)O)ccc3n2)C(=O)c2ccccc21. The third kappa shape index (κ3) is 3.76. The number of carboxylic acid groups (broad SMARTS) is 1. The van der Waals surface area contributed by atoms with E-state index in [2.05, 4.69) is 0 Å². The lowest BCUT2D eigenvalue weighted by Crippen LogP contribution is -2.25. The van der Waals surface area contributed by atoms with Gasteiger partial charge in [0, 0.05) is 17.9 Å². The number of carbonyl (C=O) groups is 3. The number of Topliss-reactive ketones (excluding diaryl/α,β-unsaturated/α-hetero) is 1. The van der Waals surface area contributed by atoms with Crippen molar-refractivity contribution in [2.75, 3.05) is 4.90 Å². The number of hydrogen-bond donors (Lipinski definition) is 1. The maximum Gasteiger partial charge on any atom is 0.335 e. The second-order valence-corrected chi connectivity index (χ2v) is 8.92. The quantitative estimate of drug-likeness (QED) is 0.302. The van der Waals surface area contributed by atoms with Gasteiger partial charge in [-0.15, -0.1) is 0 Å². The number of fused-ring (bicyclic) bond motifs is 3. The highest BCUT2D eigenvalue weighted by Crippen LogP contribution is 2.37. The minimum absolute atomic E-state index is 0.159. The number of nitrogens with zero attached hydrogens (tertiary/aromatic N) is 2. The number of ketones is 1. The molecule has 1 aliphatic rings. The molecule has 6 nitrogen and oxygen atoms in total. The average Bonchev–Trinajstić information content (AvgIpc) is 3.19.